The highest BCUT2D eigenvalue weighted by atomic mass is 79.9. The van der Waals surface area contributed by atoms with Gasteiger partial charge in [-0.1, -0.05) is 43.3 Å². The summed E-state index contributed by atoms with van der Waals surface area (Å²) in [7, 11) is 0. The average molecular weight is 330 g/mol. The molecular formula is C17H16BrNO. The van der Waals surface area contributed by atoms with Gasteiger partial charge in [-0.3, -0.25) is 0 Å². The third-order valence-corrected chi connectivity index (χ3v) is 4.08. The molecular weight excluding hydrogens is 314 g/mol. The molecule has 0 aliphatic carbocycles. The number of hydrogen-bond donors (Lipinski definition) is 1. The lowest BCUT2D eigenvalue weighted by atomic mass is 10.0. The maximum atomic E-state index is 5.64. The Morgan fingerprint density at radius 2 is 1.90 bits per heavy atom. The quantitative estimate of drug-likeness (QED) is 0.736. The van der Waals surface area contributed by atoms with Crippen LogP contribution in [0, 0.1) is 0 Å². The number of nitrogens with one attached hydrogen (secondary N) is 1. The minimum absolute atomic E-state index is 0.0639. The van der Waals surface area contributed by atoms with E-state index in [2.05, 4.69) is 70.6 Å². The lowest BCUT2D eigenvalue weighted by Crippen LogP contribution is -2.21. The summed E-state index contributed by atoms with van der Waals surface area (Å²) >= 11 is 3.55. The number of halogens is 1. The third kappa shape index (κ3) is 2.51. The van der Waals surface area contributed by atoms with Crippen LogP contribution in [0.2, 0.25) is 0 Å². The van der Waals surface area contributed by atoms with Crippen molar-refractivity contribution in [2.45, 2.75) is 13.0 Å². The predicted octanol–water partition coefficient (Wildman–Crippen LogP) is 4.89. The van der Waals surface area contributed by atoms with Gasteiger partial charge in [-0.05, 0) is 50.9 Å². The van der Waals surface area contributed by atoms with Crippen LogP contribution in [0.25, 0.3) is 10.8 Å². The number of benzene rings is 2. The second kappa shape index (κ2) is 5.81. The van der Waals surface area contributed by atoms with Crippen molar-refractivity contribution in [1.82, 2.24) is 5.32 Å². The molecule has 0 bridgehead atoms. The van der Waals surface area contributed by atoms with Crippen LogP contribution in [-0.2, 0) is 0 Å². The molecule has 1 N–H and O–H groups in total. The lowest BCUT2D eigenvalue weighted by molar-refractivity contribution is 0.450. The monoisotopic (exact) mass is 329 g/mol. The molecule has 0 spiro atoms. The van der Waals surface area contributed by atoms with E-state index in [-0.39, 0.29) is 6.04 Å². The largest absolute Gasteiger partial charge is 0.466 e. The summed E-state index contributed by atoms with van der Waals surface area (Å²) in [5.41, 5.74) is 1.21. The average Bonchev–Trinajstić information content (AvgIpc) is 2.90. The summed E-state index contributed by atoms with van der Waals surface area (Å²) in [6, 6.07) is 16.9. The van der Waals surface area contributed by atoms with Crippen LogP contribution in [-0.4, -0.2) is 6.54 Å². The Bertz CT molecular complexity index is 720. The number of hydrogen-bond acceptors (Lipinski definition) is 2. The van der Waals surface area contributed by atoms with E-state index in [4.69, 9.17) is 4.42 Å². The summed E-state index contributed by atoms with van der Waals surface area (Å²) in [6.07, 6.45) is 1.71. The molecule has 0 saturated carbocycles. The minimum Gasteiger partial charge on any atom is -0.466 e. The molecule has 3 heteroatoms. The van der Waals surface area contributed by atoms with Gasteiger partial charge in [0.05, 0.1) is 16.8 Å². The first-order chi connectivity index (χ1) is 9.79. The first-order valence-corrected chi connectivity index (χ1v) is 7.54. The van der Waals surface area contributed by atoms with Gasteiger partial charge in [-0.15, -0.1) is 0 Å². The van der Waals surface area contributed by atoms with E-state index in [0.717, 1.165) is 16.8 Å². The fraction of sp³-hybridized carbons (Fsp3) is 0.176. The molecule has 1 aromatic heterocycles. The molecule has 0 aliphatic rings. The van der Waals surface area contributed by atoms with Crippen LogP contribution in [0.3, 0.4) is 0 Å². The summed E-state index contributed by atoms with van der Waals surface area (Å²) < 4.78 is 6.63. The van der Waals surface area contributed by atoms with Crippen molar-refractivity contribution < 1.29 is 4.42 Å². The van der Waals surface area contributed by atoms with E-state index in [9.17, 15) is 0 Å². The molecule has 2 nitrogen and oxygen atoms in total. The topological polar surface area (TPSA) is 25.2 Å². The van der Waals surface area contributed by atoms with Gasteiger partial charge >= 0.3 is 0 Å². The SMILES string of the molecule is CCNC(c1ccc2ccccc2c1)c1occc1Br. The first-order valence-electron chi connectivity index (χ1n) is 6.74. The molecule has 1 atom stereocenters. The Hall–Kier alpha value is -1.58. The second-order valence-corrected chi connectivity index (χ2v) is 5.58. The molecule has 0 saturated heterocycles. The van der Waals surface area contributed by atoms with Crippen molar-refractivity contribution in [3.63, 3.8) is 0 Å². The van der Waals surface area contributed by atoms with Gasteiger partial charge in [0.2, 0.25) is 0 Å². The molecule has 1 heterocycles. The minimum atomic E-state index is 0.0639. The number of furan rings is 1. The van der Waals surface area contributed by atoms with Crippen molar-refractivity contribution in [1.29, 1.82) is 0 Å². The Kier molecular flexibility index (Phi) is 3.90. The summed E-state index contributed by atoms with van der Waals surface area (Å²) in [5.74, 6) is 0.919. The lowest BCUT2D eigenvalue weighted by Gasteiger charge is -2.17. The summed E-state index contributed by atoms with van der Waals surface area (Å²) in [4.78, 5) is 0. The molecule has 2 aromatic carbocycles. The maximum Gasteiger partial charge on any atom is 0.139 e. The zero-order valence-electron chi connectivity index (χ0n) is 11.3. The van der Waals surface area contributed by atoms with Crippen LogP contribution in [0.5, 0.6) is 0 Å². The van der Waals surface area contributed by atoms with E-state index in [1.807, 2.05) is 6.07 Å². The Balaban J connectivity index is 2.07. The van der Waals surface area contributed by atoms with E-state index >= 15 is 0 Å². The van der Waals surface area contributed by atoms with Gasteiger partial charge in [-0.25, -0.2) is 0 Å². The standard InChI is InChI=1S/C17H16BrNO/c1-2-19-16(17-15(18)9-10-20-17)14-8-7-12-5-3-4-6-13(12)11-14/h3-11,16,19H,2H2,1H3. The molecule has 0 fully saturated rings. The molecule has 3 rings (SSSR count). The molecule has 0 radical (unpaired) electrons. The Labute approximate surface area is 126 Å². The van der Waals surface area contributed by atoms with Crippen molar-refractivity contribution >= 4 is 26.7 Å². The molecule has 0 amide bonds. The third-order valence-electron chi connectivity index (χ3n) is 3.42. The van der Waals surface area contributed by atoms with Gasteiger partial charge in [0, 0.05) is 0 Å². The number of fused-ring (bicyclic) bond motifs is 1. The van der Waals surface area contributed by atoms with Crippen molar-refractivity contribution in [3.05, 3.63) is 70.6 Å². The van der Waals surface area contributed by atoms with Crippen molar-refractivity contribution in [3.8, 4) is 0 Å². The fourth-order valence-corrected chi connectivity index (χ4v) is 2.90. The number of rotatable bonds is 4. The zero-order chi connectivity index (χ0) is 13.9. The van der Waals surface area contributed by atoms with Crippen LogP contribution in [0.1, 0.15) is 24.3 Å². The zero-order valence-corrected chi connectivity index (χ0v) is 12.9. The second-order valence-electron chi connectivity index (χ2n) is 4.73. The Morgan fingerprint density at radius 3 is 2.60 bits per heavy atom. The highest BCUT2D eigenvalue weighted by molar-refractivity contribution is 9.10. The van der Waals surface area contributed by atoms with Crippen LogP contribution >= 0.6 is 15.9 Å². The smallest absolute Gasteiger partial charge is 0.139 e. The van der Waals surface area contributed by atoms with Crippen LogP contribution in [0.4, 0.5) is 0 Å². The van der Waals surface area contributed by atoms with E-state index in [1.54, 1.807) is 6.26 Å². The van der Waals surface area contributed by atoms with Gasteiger partial charge in [0.25, 0.3) is 0 Å². The van der Waals surface area contributed by atoms with Crippen molar-refractivity contribution in [2.75, 3.05) is 6.54 Å². The van der Waals surface area contributed by atoms with E-state index in [1.165, 1.54) is 16.3 Å². The van der Waals surface area contributed by atoms with Crippen LogP contribution in [0.15, 0.2) is 63.7 Å². The van der Waals surface area contributed by atoms with Gasteiger partial charge < -0.3 is 9.73 Å². The van der Waals surface area contributed by atoms with E-state index < -0.39 is 0 Å². The maximum absolute atomic E-state index is 5.64. The summed E-state index contributed by atoms with van der Waals surface area (Å²) in [5, 5.41) is 5.98. The van der Waals surface area contributed by atoms with Gasteiger partial charge in [-0.2, -0.15) is 0 Å². The van der Waals surface area contributed by atoms with Gasteiger partial charge in [0.1, 0.15) is 5.76 Å². The predicted molar refractivity (Wildman–Crippen MR) is 85.9 cm³/mol. The summed E-state index contributed by atoms with van der Waals surface area (Å²) in [6.45, 7) is 2.98. The van der Waals surface area contributed by atoms with E-state index in [0.29, 0.717) is 0 Å². The normalized spacial score (nSPS) is 12.7. The molecule has 3 aromatic rings. The molecule has 20 heavy (non-hydrogen) atoms. The van der Waals surface area contributed by atoms with Crippen LogP contribution < -0.4 is 5.32 Å². The fourth-order valence-electron chi connectivity index (χ4n) is 2.46. The molecule has 1 unspecified atom stereocenters. The molecule has 0 aliphatic heterocycles. The molecule has 102 valence electrons. The Morgan fingerprint density at radius 1 is 1.10 bits per heavy atom. The first kappa shape index (κ1) is 13.4. The van der Waals surface area contributed by atoms with Crippen molar-refractivity contribution in [2.24, 2.45) is 0 Å². The highest BCUT2D eigenvalue weighted by Crippen LogP contribution is 2.31. The highest BCUT2D eigenvalue weighted by Gasteiger charge is 2.19. The van der Waals surface area contributed by atoms with Gasteiger partial charge in [0.15, 0.2) is 0 Å².